The van der Waals surface area contributed by atoms with E-state index in [1.165, 1.54) is 5.56 Å². The van der Waals surface area contributed by atoms with E-state index in [0.29, 0.717) is 5.88 Å². The number of alkyl halides is 1. The summed E-state index contributed by atoms with van der Waals surface area (Å²) < 4.78 is 6.60. The van der Waals surface area contributed by atoms with Crippen LogP contribution in [0.4, 0.5) is 0 Å². The molecule has 84 valence electrons. The Balaban J connectivity index is 2.15. The van der Waals surface area contributed by atoms with Crippen LogP contribution in [0.1, 0.15) is 12.0 Å². The van der Waals surface area contributed by atoms with Gasteiger partial charge in [0, 0.05) is 15.9 Å². The van der Waals surface area contributed by atoms with Gasteiger partial charge in [-0.05, 0) is 36.6 Å². The third kappa shape index (κ3) is 2.89. The summed E-state index contributed by atoms with van der Waals surface area (Å²) in [6, 6.07) is 10.2. The highest BCUT2D eigenvalue weighted by molar-refractivity contribution is 9.10. The van der Waals surface area contributed by atoms with Crippen LogP contribution in [0.5, 0.6) is 0 Å². The van der Waals surface area contributed by atoms with Gasteiger partial charge in [0.05, 0.1) is 6.26 Å². The summed E-state index contributed by atoms with van der Waals surface area (Å²) in [7, 11) is 0. The number of furan rings is 1. The molecule has 2 aromatic rings. The Hall–Kier alpha value is -0.730. The van der Waals surface area contributed by atoms with Crippen molar-refractivity contribution in [3.05, 3.63) is 46.6 Å². The van der Waals surface area contributed by atoms with Gasteiger partial charge < -0.3 is 4.42 Å². The lowest BCUT2D eigenvalue weighted by Gasteiger charge is -1.95. The molecule has 1 heterocycles. The van der Waals surface area contributed by atoms with Crippen molar-refractivity contribution in [2.24, 2.45) is 0 Å². The van der Waals surface area contributed by atoms with Gasteiger partial charge in [-0.3, -0.25) is 0 Å². The highest BCUT2D eigenvalue weighted by Gasteiger charge is 2.04. The Bertz CT molecular complexity index is 447. The molecule has 0 bridgehead atoms. The quantitative estimate of drug-likeness (QED) is 0.733. The fourth-order valence-electron chi connectivity index (χ4n) is 1.54. The number of hydrogen-bond acceptors (Lipinski definition) is 1. The van der Waals surface area contributed by atoms with Crippen LogP contribution in [0.3, 0.4) is 0 Å². The molecule has 0 aliphatic heterocycles. The average Bonchev–Trinajstić information content (AvgIpc) is 2.76. The second kappa shape index (κ2) is 5.55. The van der Waals surface area contributed by atoms with Crippen LogP contribution >= 0.6 is 27.5 Å². The molecule has 0 atom stereocenters. The molecule has 1 aromatic carbocycles. The lowest BCUT2D eigenvalue weighted by atomic mass is 10.1. The van der Waals surface area contributed by atoms with Crippen molar-refractivity contribution in [1.29, 1.82) is 0 Å². The molecule has 3 heteroatoms. The Morgan fingerprint density at radius 3 is 2.62 bits per heavy atom. The summed E-state index contributed by atoms with van der Waals surface area (Å²) >= 11 is 9.07. The topological polar surface area (TPSA) is 13.1 Å². The van der Waals surface area contributed by atoms with Crippen LogP contribution in [0.2, 0.25) is 0 Å². The lowest BCUT2D eigenvalue weighted by molar-refractivity contribution is 0.578. The minimum atomic E-state index is 0.693. The van der Waals surface area contributed by atoms with Gasteiger partial charge in [-0.15, -0.1) is 11.6 Å². The van der Waals surface area contributed by atoms with Gasteiger partial charge in [0.2, 0.25) is 0 Å². The largest absolute Gasteiger partial charge is 0.464 e. The summed E-state index contributed by atoms with van der Waals surface area (Å²) in [4.78, 5) is 0. The van der Waals surface area contributed by atoms with Gasteiger partial charge in [-0.25, -0.2) is 0 Å². The summed E-state index contributed by atoms with van der Waals surface area (Å²) in [6.07, 6.45) is 3.77. The van der Waals surface area contributed by atoms with Gasteiger partial charge >= 0.3 is 0 Å². The molecule has 0 N–H and O–H groups in total. The van der Waals surface area contributed by atoms with Crippen LogP contribution in [0.15, 0.2) is 45.5 Å². The maximum atomic E-state index is 5.66. The van der Waals surface area contributed by atoms with Crippen molar-refractivity contribution < 1.29 is 4.42 Å². The third-order valence-corrected chi connectivity index (χ3v) is 3.18. The second-order valence-corrected chi connectivity index (χ2v) is 4.91. The lowest BCUT2D eigenvalue weighted by Crippen LogP contribution is -1.81. The van der Waals surface area contributed by atoms with Crippen LogP contribution in [-0.2, 0) is 6.42 Å². The standard InChI is InChI=1S/C13H12BrClO/c14-12-5-3-11(4-6-12)13-8-10(9-16-13)2-1-7-15/h3-6,8-9H,1-2,7H2. The number of halogens is 2. The molecule has 2 rings (SSSR count). The second-order valence-electron chi connectivity index (χ2n) is 3.62. The zero-order valence-corrected chi connectivity index (χ0v) is 11.1. The van der Waals surface area contributed by atoms with Gasteiger partial charge in [-0.2, -0.15) is 0 Å². The fraction of sp³-hybridized carbons (Fsp3) is 0.231. The van der Waals surface area contributed by atoms with Gasteiger partial charge in [-0.1, -0.05) is 28.1 Å². The molecule has 0 aliphatic carbocycles. The monoisotopic (exact) mass is 298 g/mol. The Morgan fingerprint density at radius 1 is 1.19 bits per heavy atom. The highest BCUT2D eigenvalue weighted by atomic mass is 79.9. The molecule has 0 fully saturated rings. The normalized spacial score (nSPS) is 10.6. The molecule has 1 nitrogen and oxygen atoms in total. The van der Waals surface area contributed by atoms with Gasteiger partial charge in [0.1, 0.15) is 5.76 Å². The summed E-state index contributed by atoms with van der Waals surface area (Å²) in [5.74, 6) is 1.61. The number of rotatable bonds is 4. The zero-order valence-electron chi connectivity index (χ0n) is 8.75. The van der Waals surface area contributed by atoms with E-state index in [2.05, 4.69) is 22.0 Å². The Morgan fingerprint density at radius 2 is 1.94 bits per heavy atom. The maximum Gasteiger partial charge on any atom is 0.134 e. The van der Waals surface area contributed by atoms with Crippen molar-refractivity contribution in [2.45, 2.75) is 12.8 Å². The molecule has 0 saturated heterocycles. The van der Waals surface area contributed by atoms with E-state index in [1.54, 1.807) is 0 Å². The Kier molecular flexibility index (Phi) is 4.08. The molecule has 0 radical (unpaired) electrons. The van der Waals surface area contributed by atoms with Gasteiger partial charge in [0.15, 0.2) is 0 Å². The van der Waals surface area contributed by atoms with Crippen molar-refractivity contribution in [1.82, 2.24) is 0 Å². The number of hydrogen-bond donors (Lipinski definition) is 0. The molecule has 16 heavy (non-hydrogen) atoms. The summed E-state index contributed by atoms with van der Waals surface area (Å²) in [6.45, 7) is 0. The zero-order chi connectivity index (χ0) is 11.4. The molecule has 0 spiro atoms. The van der Waals surface area contributed by atoms with Crippen molar-refractivity contribution in [3.8, 4) is 11.3 Å². The molecular formula is C13H12BrClO. The fourth-order valence-corrected chi connectivity index (χ4v) is 1.94. The van der Waals surface area contributed by atoms with Crippen molar-refractivity contribution in [2.75, 3.05) is 5.88 Å². The van der Waals surface area contributed by atoms with Crippen LogP contribution in [0, 0.1) is 0 Å². The first-order valence-corrected chi connectivity index (χ1v) is 6.51. The Labute approximate surface area is 109 Å². The smallest absolute Gasteiger partial charge is 0.134 e. The number of benzene rings is 1. The minimum Gasteiger partial charge on any atom is -0.464 e. The predicted molar refractivity (Wildman–Crippen MR) is 70.9 cm³/mol. The first kappa shape index (κ1) is 11.7. The van der Waals surface area contributed by atoms with Crippen LogP contribution in [0.25, 0.3) is 11.3 Å². The highest BCUT2D eigenvalue weighted by Crippen LogP contribution is 2.24. The first-order chi connectivity index (χ1) is 7.79. The van der Waals surface area contributed by atoms with E-state index in [4.69, 9.17) is 16.0 Å². The summed E-state index contributed by atoms with van der Waals surface area (Å²) in [5.41, 5.74) is 2.30. The van der Waals surface area contributed by atoms with Gasteiger partial charge in [0.25, 0.3) is 0 Å². The maximum absolute atomic E-state index is 5.66. The number of aryl methyl sites for hydroxylation is 1. The molecule has 0 saturated carbocycles. The predicted octanol–water partition coefficient (Wildman–Crippen LogP) is 4.88. The molecule has 0 aliphatic rings. The van der Waals surface area contributed by atoms with Crippen molar-refractivity contribution in [3.63, 3.8) is 0 Å². The van der Waals surface area contributed by atoms with Crippen LogP contribution < -0.4 is 0 Å². The van der Waals surface area contributed by atoms with E-state index in [-0.39, 0.29) is 0 Å². The summed E-state index contributed by atoms with van der Waals surface area (Å²) in [5, 5.41) is 0. The molecule has 0 amide bonds. The van der Waals surface area contributed by atoms with Crippen LogP contribution in [-0.4, -0.2) is 5.88 Å². The van der Waals surface area contributed by atoms with Crippen molar-refractivity contribution >= 4 is 27.5 Å². The third-order valence-electron chi connectivity index (χ3n) is 2.38. The minimum absolute atomic E-state index is 0.693. The SMILES string of the molecule is ClCCCc1coc(-c2ccc(Br)cc2)c1. The average molecular weight is 300 g/mol. The first-order valence-electron chi connectivity index (χ1n) is 5.19. The van der Waals surface area contributed by atoms with E-state index in [0.717, 1.165) is 28.6 Å². The van der Waals surface area contributed by atoms with E-state index >= 15 is 0 Å². The molecular weight excluding hydrogens is 287 g/mol. The van der Waals surface area contributed by atoms with E-state index < -0.39 is 0 Å². The van der Waals surface area contributed by atoms with E-state index in [9.17, 15) is 0 Å². The van der Waals surface area contributed by atoms with E-state index in [1.807, 2.05) is 30.5 Å². The molecule has 0 unspecified atom stereocenters. The molecule has 1 aromatic heterocycles.